The summed E-state index contributed by atoms with van der Waals surface area (Å²) in [5, 5.41) is 0. The molecule has 0 aliphatic rings. The van der Waals surface area contributed by atoms with Crippen molar-refractivity contribution in [3.63, 3.8) is 0 Å². The van der Waals surface area contributed by atoms with Gasteiger partial charge in [-0.25, -0.2) is 9.97 Å². The molecule has 0 amide bonds. The third-order valence-electron chi connectivity index (χ3n) is 2.11. The zero-order chi connectivity index (χ0) is 11.4. The average Bonchev–Trinajstić information content (AvgIpc) is 2.29. The van der Waals surface area contributed by atoms with E-state index in [0.717, 1.165) is 17.7 Å². The molecular formula is C12H11N3O. The van der Waals surface area contributed by atoms with Gasteiger partial charge in [0.2, 0.25) is 0 Å². The molecule has 16 heavy (non-hydrogen) atoms. The van der Waals surface area contributed by atoms with E-state index in [1.54, 1.807) is 12.3 Å². The molecule has 2 aromatic heterocycles. The Balaban J connectivity index is 2.28. The first kappa shape index (κ1) is 10.4. The minimum absolute atomic E-state index is 0.415. The summed E-state index contributed by atoms with van der Waals surface area (Å²) in [6.07, 6.45) is 3.01. The molecular weight excluding hydrogens is 202 g/mol. The maximum Gasteiger partial charge on any atom is 0.168 e. The zero-order valence-corrected chi connectivity index (χ0v) is 8.92. The van der Waals surface area contributed by atoms with Gasteiger partial charge in [0.1, 0.15) is 11.5 Å². The normalized spacial score (nSPS) is 10.1. The maximum absolute atomic E-state index is 10.7. The number of hydrogen-bond donors (Lipinski definition) is 0. The molecule has 0 bridgehead atoms. The number of carbonyl (C=O) groups is 1. The van der Waals surface area contributed by atoms with Gasteiger partial charge in [-0.15, -0.1) is 0 Å². The van der Waals surface area contributed by atoms with Gasteiger partial charge in [-0.1, -0.05) is 6.07 Å². The molecule has 80 valence electrons. The number of carbonyl (C=O) groups excluding carboxylic acids is 1. The third kappa shape index (κ3) is 2.48. The lowest BCUT2D eigenvalue weighted by Gasteiger charge is -2.01. The van der Waals surface area contributed by atoms with E-state index in [1.807, 2.05) is 25.1 Å². The van der Waals surface area contributed by atoms with Crippen LogP contribution in [0.3, 0.4) is 0 Å². The highest BCUT2D eigenvalue weighted by Gasteiger charge is 2.03. The number of aryl methyl sites for hydroxylation is 1. The fourth-order valence-corrected chi connectivity index (χ4v) is 1.46. The average molecular weight is 213 g/mol. The number of pyridine rings is 1. The van der Waals surface area contributed by atoms with E-state index in [4.69, 9.17) is 0 Å². The molecule has 0 aromatic carbocycles. The lowest BCUT2D eigenvalue weighted by molar-refractivity contribution is 0.111. The van der Waals surface area contributed by atoms with Crippen LogP contribution in [0.4, 0.5) is 0 Å². The molecule has 2 rings (SSSR count). The number of rotatable bonds is 3. The van der Waals surface area contributed by atoms with Crippen LogP contribution in [0.25, 0.3) is 0 Å². The molecule has 0 aliphatic carbocycles. The molecule has 0 spiro atoms. The maximum atomic E-state index is 10.7. The topological polar surface area (TPSA) is 55.7 Å². The molecule has 0 radical (unpaired) electrons. The van der Waals surface area contributed by atoms with Crippen molar-refractivity contribution in [2.45, 2.75) is 13.3 Å². The van der Waals surface area contributed by atoms with Gasteiger partial charge in [0.25, 0.3) is 0 Å². The molecule has 0 atom stereocenters. The first-order chi connectivity index (χ1) is 7.78. The minimum Gasteiger partial charge on any atom is -0.296 e. The van der Waals surface area contributed by atoms with Gasteiger partial charge in [-0.2, -0.15) is 0 Å². The third-order valence-corrected chi connectivity index (χ3v) is 2.11. The summed E-state index contributed by atoms with van der Waals surface area (Å²) in [5.74, 6) is 0.626. The van der Waals surface area contributed by atoms with E-state index >= 15 is 0 Å². The van der Waals surface area contributed by atoms with Crippen molar-refractivity contribution < 1.29 is 4.79 Å². The predicted octanol–water partition coefficient (Wildman–Crippen LogP) is 1.58. The molecule has 4 nitrogen and oxygen atoms in total. The van der Waals surface area contributed by atoms with E-state index in [1.165, 1.54) is 0 Å². The molecule has 0 N–H and O–H groups in total. The lowest BCUT2D eigenvalue weighted by atomic mass is 10.2. The van der Waals surface area contributed by atoms with Gasteiger partial charge >= 0.3 is 0 Å². The van der Waals surface area contributed by atoms with Crippen molar-refractivity contribution in [3.8, 4) is 0 Å². The summed E-state index contributed by atoms with van der Waals surface area (Å²) in [6.45, 7) is 1.84. The van der Waals surface area contributed by atoms with Crippen LogP contribution in [-0.2, 0) is 6.42 Å². The van der Waals surface area contributed by atoms with E-state index < -0.39 is 0 Å². The van der Waals surface area contributed by atoms with E-state index in [0.29, 0.717) is 17.9 Å². The number of hydrogen-bond acceptors (Lipinski definition) is 4. The minimum atomic E-state index is 0.415. The number of nitrogens with zero attached hydrogens (tertiary/aromatic N) is 3. The van der Waals surface area contributed by atoms with Crippen molar-refractivity contribution in [3.05, 3.63) is 53.4 Å². The summed E-state index contributed by atoms with van der Waals surface area (Å²) in [7, 11) is 0. The van der Waals surface area contributed by atoms with Crippen LogP contribution in [-0.4, -0.2) is 21.2 Å². The Morgan fingerprint density at radius 1 is 1.31 bits per heavy atom. The summed E-state index contributed by atoms with van der Waals surface area (Å²) in [5.41, 5.74) is 2.10. The van der Waals surface area contributed by atoms with Gasteiger partial charge in [-0.05, 0) is 25.1 Å². The van der Waals surface area contributed by atoms with E-state index in [-0.39, 0.29) is 0 Å². The number of aldehydes is 1. The summed E-state index contributed by atoms with van der Waals surface area (Å²) in [6, 6.07) is 7.34. The summed E-state index contributed by atoms with van der Waals surface area (Å²) < 4.78 is 0. The van der Waals surface area contributed by atoms with Crippen molar-refractivity contribution in [2.75, 3.05) is 0 Å². The molecule has 0 fully saturated rings. The smallest absolute Gasteiger partial charge is 0.168 e. The molecule has 2 aromatic rings. The monoisotopic (exact) mass is 213 g/mol. The van der Waals surface area contributed by atoms with Gasteiger partial charge in [-0.3, -0.25) is 9.78 Å². The largest absolute Gasteiger partial charge is 0.296 e. The fourth-order valence-electron chi connectivity index (χ4n) is 1.46. The van der Waals surface area contributed by atoms with Crippen LogP contribution in [0.2, 0.25) is 0 Å². The van der Waals surface area contributed by atoms with Crippen LogP contribution in [0.15, 0.2) is 30.5 Å². The Morgan fingerprint density at radius 3 is 2.88 bits per heavy atom. The molecule has 4 heteroatoms. The van der Waals surface area contributed by atoms with Crippen LogP contribution < -0.4 is 0 Å². The Hall–Kier alpha value is -2.10. The van der Waals surface area contributed by atoms with Gasteiger partial charge in [0.15, 0.2) is 6.29 Å². The Labute approximate surface area is 93.4 Å². The fraction of sp³-hybridized carbons (Fsp3) is 0.167. The zero-order valence-electron chi connectivity index (χ0n) is 8.92. The SMILES string of the molecule is Cc1cc(C=O)nc(Cc2ccccn2)n1. The van der Waals surface area contributed by atoms with Crippen LogP contribution in [0.1, 0.15) is 27.7 Å². The summed E-state index contributed by atoms with van der Waals surface area (Å²) in [4.78, 5) is 23.2. The van der Waals surface area contributed by atoms with Crippen molar-refractivity contribution in [1.29, 1.82) is 0 Å². The van der Waals surface area contributed by atoms with Gasteiger partial charge in [0.05, 0.1) is 6.42 Å². The second-order valence-electron chi connectivity index (χ2n) is 3.47. The predicted molar refractivity (Wildman–Crippen MR) is 59.2 cm³/mol. The quantitative estimate of drug-likeness (QED) is 0.726. The Bertz CT molecular complexity index is 497. The van der Waals surface area contributed by atoms with Crippen LogP contribution in [0.5, 0.6) is 0 Å². The second kappa shape index (κ2) is 4.61. The first-order valence-electron chi connectivity index (χ1n) is 4.97. The molecule has 0 aliphatic heterocycles. The Kier molecular flexibility index (Phi) is 3.00. The van der Waals surface area contributed by atoms with Crippen LogP contribution in [0, 0.1) is 6.92 Å². The molecule has 0 unspecified atom stereocenters. The molecule has 0 saturated heterocycles. The molecule has 0 saturated carbocycles. The highest BCUT2D eigenvalue weighted by atomic mass is 16.1. The van der Waals surface area contributed by atoms with Crippen molar-refractivity contribution >= 4 is 6.29 Å². The highest BCUT2D eigenvalue weighted by Crippen LogP contribution is 2.04. The van der Waals surface area contributed by atoms with E-state index in [2.05, 4.69) is 15.0 Å². The first-order valence-corrected chi connectivity index (χ1v) is 4.97. The van der Waals surface area contributed by atoms with Crippen molar-refractivity contribution in [1.82, 2.24) is 15.0 Å². The Morgan fingerprint density at radius 2 is 2.19 bits per heavy atom. The van der Waals surface area contributed by atoms with Crippen molar-refractivity contribution in [2.24, 2.45) is 0 Å². The lowest BCUT2D eigenvalue weighted by Crippen LogP contribution is -2.02. The molecule has 2 heterocycles. The summed E-state index contributed by atoms with van der Waals surface area (Å²) >= 11 is 0. The van der Waals surface area contributed by atoms with Crippen LogP contribution >= 0.6 is 0 Å². The number of aromatic nitrogens is 3. The highest BCUT2D eigenvalue weighted by molar-refractivity contribution is 5.71. The van der Waals surface area contributed by atoms with Gasteiger partial charge in [0, 0.05) is 17.6 Å². The van der Waals surface area contributed by atoms with E-state index in [9.17, 15) is 4.79 Å². The standard InChI is InChI=1S/C12H11N3O/c1-9-6-11(8-16)15-12(14-9)7-10-4-2-3-5-13-10/h2-6,8H,7H2,1H3. The second-order valence-corrected chi connectivity index (χ2v) is 3.47. The van der Waals surface area contributed by atoms with Gasteiger partial charge < -0.3 is 0 Å².